The van der Waals surface area contributed by atoms with Crippen LogP contribution in [0, 0.1) is 5.41 Å². The predicted molar refractivity (Wildman–Crippen MR) is 96.0 cm³/mol. The number of nitrogens with zero attached hydrogens (tertiary/aromatic N) is 2. The number of fused-ring (bicyclic) bond motifs is 1. The SMILES string of the molecule is CC1(Cc2ccc3c(c2)OCO3)CCC(=O)N(CCN2CCCC2=O)C1. The lowest BCUT2D eigenvalue weighted by atomic mass is 9.76. The topological polar surface area (TPSA) is 59.1 Å². The van der Waals surface area contributed by atoms with Crippen LogP contribution in [0.25, 0.3) is 0 Å². The van der Waals surface area contributed by atoms with Gasteiger partial charge < -0.3 is 19.3 Å². The van der Waals surface area contributed by atoms with Crippen molar-refractivity contribution < 1.29 is 19.1 Å². The number of ether oxygens (including phenoxy) is 2. The van der Waals surface area contributed by atoms with Gasteiger partial charge in [-0.1, -0.05) is 13.0 Å². The van der Waals surface area contributed by atoms with Crippen LogP contribution in [0.15, 0.2) is 18.2 Å². The van der Waals surface area contributed by atoms with Crippen molar-refractivity contribution in [3.05, 3.63) is 23.8 Å². The molecule has 2 fully saturated rings. The van der Waals surface area contributed by atoms with Crippen molar-refractivity contribution >= 4 is 11.8 Å². The Labute approximate surface area is 154 Å². The number of likely N-dealkylation sites (tertiary alicyclic amines) is 2. The van der Waals surface area contributed by atoms with E-state index in [-0.39, 0.29) is 24.0 Å². The van der Waals surface area contributed by atoms with E-state index in [1.54, 1.807) is 0 Å². The van der Waals surface area contributed by atoms with Crippen LogP contribution in [0.3, 0.4) is 0 Å². The number of hydrogen-bond acceptors (Lipinski definition) is 4. The smallest absolute Gasteiger partial charge is 0.231 e. The summed E-state index contributed by atoms with van der Waals surface area (Å²) in [5.41, 5.74) is 1.25. The summed E-state index contributed by atoms with van der Waals surface area (Å²) in [6, 6.07) is 6.10. The normalized spacial score (nSPS) is 25.3. The summed E-state index contributed by atoms with van der Waals surface area (Å²) < 4.78 is 10.9. The van der Waals surface area contributed by atoms with Gasteiger partial charge in [0.25, 0.3) is 0 Å². The van der Waals surface area contributed by atoms with Crippen LogP contribution in [0.4, 0.5) is 0 Å². The zero-order valence-corrected chi connectivity index (χ0v) is 15.3. The molecule has 3 aliphatic heterocycles. The van der Waals surface area contributed by atoms with E-state index in [1.807, 2.05) is 15.9 Å². The zero-order valence-electron chi connectivity index (χ0n) is 15.3. The summed E-state index contributed by atoms with van der Waals surface area (Å²) >= 11 is 0. The van der Waals surface area contributed by atoms with Crippen LogP contribution in [0.5, 0.6) is 11.5 Å². The Kier molecular flexibility index (Phi) is 4.51. The van der Waals surface area contributed by atoms with E-state index >= 15 is 0 Å². The molecule has 1 aromatic rings. The maximum Gasteiger partial charge on any atom is 0.231 e. The second-order valence-corrected chi connectivity index (χ2v) is 7.97. The number of carbonyl (C=O) groups excluding carboxylic acids is 2. The molecule has 6 nitrogen and oxygen atoms in total. The van der Waals surface area contributed by atoms with E-state index in [1.165, 1.54) is 5.56 Å². The van der Waals surface area contributed by atoms with Crippen molar-refractivity contribution in [1.82, 2.24) is 9.80 Å². The molecule has 0 bridgehead atoms. The zero-order chi connectivity index (χ0) is 18.1. The van der Waals surface area contributed by atoms with Crippen LogP contribution in [-0.4, -0.2) is 54.6 Å². The molecule has 0 aromatic heterocycles. The van der Waals surface area contributed by atoms with E-state index in [0.717, 1.165) is 43.9 Å². The quantitative estimate of drug-likeness (QED) is 0.810. The molecule has 2 amide bonds. The van der Waals surface area contributed by atoms with Crippen molar-refractivity contribution in [3.8, 4) is 11.5 Å². The fourth-order valence-electron chi connectivity index (χ4n) is 4.27. The highest BCUT2D eigenvalue weighted by Crippen LogP contribution is 2.37. The van der Waals surface area contributed by atoms with Crippen LogP contribution in [0.1, 0.15) is 38.2 Å². The van der Waals surface area contributed by atoms with Crippen LogP contribution >= 0.6 is 0 Å². The lowest BCUT2D eigenvalue weighted by Crippen LogP contribution is -2.48. The maximum atomic E-state index is 12.4. The number of hydrogen-bond donors (Lipinski definition) is 0. The minimum Gasteiger partial charge on any atom is -0.454 e. The summed E-state index contributed by atoms with van der Waals surface area (Å²) in [6.45, 7) is 5.40. The second kappa shape index (κ2) is 6.82. The van der Waals surface area contributed by atoms with Gasteiger partial charge in [0, 0.05) is 39.0 Å². The van der Waals surface area contributed by atoms with Gasteiger partial charge in [0.1, 0.15) is 0 Å². The number of carbonyl (C=O) groups is 2. The largest absolute Gasteiger partial charge is 0.454 e. The Bertz CT molecular complexity index is 720. The van der Waals surface area contributed by atoms with E-state index < -0.39 is 0 Å². The van der Waals surface area contributed by atoms with Gasteiger partial charge in [-0.3, -0.25) is 9.59 Å². The standard InChI is InChI=1S/C20H26N2O4/c1-20(12-15-4-5-16-17(11-15)26-14-25-16)7-6-19(24)22(13-20)10-9-21-8-2-3-18(21)23/h4-5,11H,2-3,6-10,12-14H2,1H3. The highest BCUT2D eigenvalue weighted by Gasteiger charge is 2.35. The van der Waals surface area contributed by atoms with E-state index in [2.05, 4.69) is 19.1 Å². The first-order valence-electron chi connectivity index (χ1n) is 9.47. The van der Waals surface area contributed by atoms with Crippen molar-refractivity contribution in [2.24, 2.45) is 5.41 Å². The first-order valence-corrected chi connectivity index (χ1v) is 9.47. The fraction of sp³-hybridized carbons (Fsp3) is 0.600. The molecule has 1 atom stereocenters. The molecule has 0 spiro atoms. The number of rotatable bonds is 5. The van der Waals surface area contributed by atoms with Crippen LogP contribution in [0.2, 0.25) is 0 Å². The van der Waals surface area contributed by atoms with E-state index in [0.29, 0.717) is 25.9 Å². The monoisotopic (exact) mass is 358 g/mol. The van der Waals surface area contributed by atoms with Crippen LogP contribution in [-0.2, 0) is 16.0 Å². The van der Waals surface area contributed by atoms with Gasteiger partial charge in [0.15, 0.2) is 11.5 Å². The summed E-state index contributed by atoms with van der Waals surface area (Å²) in [4.78, 5) is 28.0. The molecule has 3 aliphatic rings. The predicted octanol–water partition coefficient (Wildman–Crippen LogP) is 2.21. The summed E-state index contributed by atoms with van der Waals surface area (Å²) in [7, 11) is 0. The fourth-order valence-corrected chi connectivity index (χ4v) is 4.27. The number of amides is 2. The molecule has 26 heavy (non-hydrogen) atoms. The number of piperidine rings is 1. The Hall–Kier alpha value is -2.24. The van der Waals surface area contributed by atoms with Crippen molar-refractivity contribution in [2.75, 3.05) is 33.0 Å². The molecule has 3 heterocycles. The van der Waals surface area contributed by atoms with Gasteiger partial charge in [-0.15, -0.1) is 0 Å². The highest BCUT2D eigenvalue weighted by molar-refractivity contribution is 5.79. The molecule has 4 rings (SSSR count). The first-order chi connectivity index (χ1) is 12.5. The molecule has 0 N–H and O–H groups in total. The van der Waals surface area contributed by atoms with Gasteiger partial charge in [-0.25, -0.2) is 0 Å². The molecule has 0 radical (unpaired) electrons. The van der Waals surface area contributed by atoms with Gasteiger partial charge in [0.05, 0.1) is 0 Å². The van der Waals surface area contributed by atoms with Gasteiger partial charge in [0.2, 0.25) is 18.6 Å². The van der Waals surface area contributed by atoms with Gasteiger partial charge >= 0.3 is 0 Å². The average Bonchev–Trinajstić information content (AvgIpc) is 3.24. The molecule has 1 aromatic carbocycles. The first kappa shape index (κ1) is 17.2. The molecule has 140 valence electrons. The average molecular weight is 358 g/mol. The summed E-state index contributed by atoms with van der Waals surface area (Å²) in [6.07, 6.45) is 3.95. The third-order valence-electron chi connectivity index (χ3n) is 5.75. The molecular weight excluding hydrogens is 332 g/mol. The third-order valence-corrected chi connectivity index (χ3v) is 5.75. The molecule has 2 saturated heterocycles. The third kappa shape index (κ3) is 3.50. The Morgan fingerprint density at radius 2 is 1.81 bits per heavy atom. The van der Waals surface area contributed by atoms with Crippen molar-refractivity contribution in [2.45, 2.75) is 39.0 Å². The Morgan fingerprint density at radius 3 is 2.62 bits per heavy atom. The molecule has 0 aliphatic carbocycles. The van der Waals surface area contributed by atoms with E-state index in [4.69, 9.17) is 9.47 Å². The minimum absolute atomic E-state index is 0.0383. The molecule has 0 saturated carbocycles. The number of benzene rings is 1. The van der Waals surface area contributed by atoms with Crippen molar-refractivity contribution in [3.63, 3.8) is 0 Å². The van der Waals surface area contributed by atoms with E-state index in [9.17, 15) is 9.59 Å². The molecular formula is C20H26N2O4. The summed E-state index contributed by atoms with van der Waals surface area (Å²) in [5.74, 6) is 2.04. The second-order valence-electron chi connectivity index (χ2n) is 7.97. The van der Waals surface area contributed by atoms with Crippen molar-refractivity contribution in [1.29, 1.82) is 0 Å². The summed E-state index contributed by atoms with van der Waals surface area (Å²) in [5, 5.41) is 0. The van der Waals surface area contributed by atoms with Gasteiger partial charge in [-0.05, 0) is 42.4 Å². The Balaban J connectivity index is 1.39. The minimum atomic E-state index is 0.0383. The van der Waals surface area contributed by atoms with Gasteiger partial charge in [-0.2, -0.15) is 0 Å². The molecule has 6 heteroatoms. The Morgan fingerprint density at radius 1 is 1.04 bits per heavy atom. The van der Waals surface area contributed by atoms with Crippen LogP contribution < -0.4 is 9.47 Å². The molecule has 1 unspecified atom stereocenters. The lowest BCUT2D eigenvalue weighted by molar-refractivity contribution is -0.138. The lowest BCUT2D eigenvalue weighted by Gasteiger charge is -2.41. The highest BCUT2D eigenvalue weighted by atomic mass is 16.7. The maximum absolute atomic E-state index is 12.4.